The van der Waals surface area contributed by atoms with Gasteiger partial charge in [0.05, 0.1) is 29.2 Å². The van der Waals surface area contributed by atoms with Crippen LogP contribution in [0.25, 0.3) is 0 Å². The number of ether oxygens (including phenoxy) is 2. The predicted molar refractivity (Wildman–Crippen MR) is 83.1 cm³/mol. The minimum atomic E-state index is -3.55. The number of hydrogen-bond donors (Lipinski definition) is 1. The van der Waals surface area contributed by atoms with Gasteiger partial charge in [-0.25, -0.2) is 8.42 Å². The van der Waals surface area contributed by atoms with E-state index < -0.39 is 10.0 Å². The van der Waals surface area contributed by atoms with Crippen LogP contribution in [0.1, 0.15) is 0 Å². The standard InChI is InChI=1S/C13H19BrN2O4S/c1-16(9-10-8-15-5-6-20-10)21(17,18)11-3-4-13(19-2)12(14)7-11/h3-4,7,10,15H,5-6,8-9H2,1-2H3. The highest BCUT2D eigenvalue weighted by Gasteiger charge is 2.25. The van der Waals surface area contributed by atoms with Crippen LogP contribution in [0.4, 0.5) is 0 Å². The maximum atomic E-state index is 12.5. The maximum absolute atomic E-state index is 12.5. The molecule has 1 fully saturated rings. The molecule has 1 aliphatic rings. The molecule has 0 aliphatic carbocycles. The quantitative estimate of drug-likeness (QED) is 0.829. The van der Waals surface area contributed by atoms with E-state index >= 15 is 0 Å². The summed E-state index contributed by atoms with van der Waals surface area (Å²) in [7, 11) is -0.449. The van der Waals surface area contributed by atoms with Crippen molar-refractivity contribution in [2.75, 3.05) is 40.4 Å². The van der Waals surface area contributed by atoms with Gasteiger partial charge in [-0.1, -0.05) is 0 Å². The van der Waals surface area contributed by atoms with Gasteiger partial charge in [0.15, 0.2) is 0 Å². The fraction of sp³-hybridized carbons (Fsp3) is 0.538. The summed E-state index contributed by atoms with van der Waals surface area (Å²) in [5.74, 6) is 0.594. The number of halogens is 1. The molecule has 1 saturated heterocycles. The molecule has 118 valence electrons. The van der Waals surface area contributed by atoms with Gasteiger partial charge in [-0.3, -0.25) is 0 Å². The fourth-order valence-electron chi connectivity index (χ4n) is 2.11. The average Bonchev–Trinajstić information content (AvgIpc) is 2.48. The van der Waals surface area contributed by atoms with Crippen molar-refractivity contribution in [3.05, 3.63) is 22.7 Å². The maximum Gasteiger partial charge on any atom is 0.242 e. The summed E-state index contributed by atoms with van der Waals surface area (Å²) in [6, 6.07) is 4.71. The van der Waals surface area contributed by atoms with Crippen molar-refractivity contribution in [1.29, 1.82) is 0 Å². The molecule has 21 heavy (non-hydrogen) atoms. The number of sulfonamides is 1. The normalized spacial score (nSPS) is 19.7. The van der Waals surface area contributed by atoms with E-state index in [2.05, 4.69) is 21.2 Å². The van der Waals surface area contributed by atoms with Crippen LogP contribution in [0.15, 0.2) is 27.6 Å². The highest BCUT2D eigenvalue weighted by atomic mass is 79.9. The second-order valence-electron chi connectivity index (χ2n) is 4.78. The third-order valence-corrected chi connectivity index (χ3v) is 5.74. The Labute approximate surface area is 133 Å². The summed E-state index contributed by atoms with van der Waals surface area (Å²) < 4.78 is 37.7. The lowest BCUT2D eigenvalue weighted by Crippen LogP contribution is -2.45. The van der Waals surface area contributed by atoms with E-state index in [-0.39, 0.29) is 11.0 Å². The van der Waals surface area contributed by atoms with Gasteiger partial charge in [-0.2, -0.15) is 4.31 Å². The van der Waals surface area contributed by atoms with Crippen LogP contribution >= 0.6 is 15.9 Å². The van der Waals surface area contributed by atoms with Gasteiger partial charge in [0.1, 0.15) is 5.75 Å². The molecular formula is C13H19BrN2O4S. The van der Waals surface area contributed by atoms with Gasteiger partial charge >= 0.3 is 0 Å². The van der Waals surface area contributed by atoms with Crippen LogP contribution in [-0.4, -0.2) is 59.2 Å². The van der Waals surface area contributed by atoms with Crippen molar-refractivity contribution in [2.24, 2.45) is 0 Å². The number of nitrogens with one attached hydrogen (secondary N) is 1. The molecule has 0 saturated carbocycles. The summed E-state index contributed by atoms with van der Waals surface area (Å²) >= 11 is 3.30. The minimum Gasteiger partial charge on any atom is -0.496 e. The molecule has 8 heteroatoms. The molecule has 1 aromatic carbocycles. The molecule has 0 radical (unpaired) electrons. The average molecular weight is 379 g/mol. The molecule has 0 aromatic heterocycles. The van der Waals surface area contributed by atoms with Gasteiger partial charge in [0, 0.05) is 26.7 Å². The highest BCUT2D eigenvalue weighted by Crippen LogP contribution is 2.28. The number of methoxy groups -OCH3 is 1. The van der Waals surface area contributed by atoms with Gasteiger partial charge in [-0.15, -0.1) is 0 Å². The Balaban J connectivity index is 2.14. The summed E-state index contributed by atoms with van der Waals surface area (Å²) in [5.41, 5.74) is 0. The van der Waals surface area contributed by atoms with Crippen LogP contribution in [0.2, 0.25) is 0 Å². The molecule has 1 heterocycles. The smallest absolute Gasteiger partial charge is 0.242 e. The minimum absolute atomic E-state index is 0.125. The lowest BCUT2D eigenvalue weighted by Gasteiger charge is -2.27. The van der Waals surface area contributed by atoms with Crippen molar-refractivity contribution < 1.29 is 17.9 Å². The SMILES string of the molecule is COc1ccc(S(=O)(=O)N(C)CC2CNCCO2)cc1Br. The van der Waals surface area contributed by atoms with Crippen molar-refractivity contribution in [1.82, 2.24) is 9.62 Å². The topological polar surface area (TPSA) is 67.9 Å². The molecule has 0 bridgehead atoms. The first-order chi connectivity index (χ1) is 9.95. The second kappa shape index (κ2) is 7.06. The molecule has 1 N–H and O–H groups in total. The van der Waals surface area contributed by atoms with E-state index in [1.165, 1.54) is 17.5 Å². The van der Waals surface area contributed by atoms with Crippen LogP contribution in [0.3, 0.4) is 0 Å². The zero-order chi connectivity index (χ0) is 15.5. The van der Waals surface area contributed by atoms with E-state index in [1.54, 1.807) is 19.2 Å². The molecule has 0 spiro atoms. The number of hydrogen-bond acceptors (Lipinski definition) is 5. The Morgan fingerprint density at radius 3 is 2.86 bits per heavy atom. The molecule has 2 rings (SSSR count). The zero-order valence-corrected chi connectivity index (χ0v) is 14.4. The van der Waals surface area contributed by atoms with Gasteiger partial charge in [0.25, 0.3) is 0 Å². The van der Waals surface area contributed by atoms with Crippen LogP contribution in [0, 0.1) is 0 Å². The first kappa shape index (κ1) is 16.7. The predicted octanol–water partition coefficient (Wildman–Crippen LogP) is 1.07. The Kier molecular flexibility index (Phi) is 5.61. The number of likely N-dealkylation sites (N-methyl/N-ethyl adjacent to an activating group) is 1. The Bertz CT molecular complexity index is 588. The Morgan fingerprint density at radius 2 is 2.29 bits per heavy atom. The Hall–Kier alpha value is -0.670. The van der Waals surface area contributed by atoms with Gasteiger partial charge in [0.2, 0.25) is 10.0 Å². The van der Waals surface area contributed by atoms with Crippen molar-refractivity contribution >= 4 is 26.0 Å². The van der Waals surface area contributed by atoms with E-state index in [9.17, 15) is 8.42 Å². The molecular weight excluding hydrogens is 360 g/mol. The van der Waals surface area contributed by atoms with Crippen molar-refractivity contribution in [3.8, 4) is 5.75 Å². The first-order valence-electron chi connectivity index (χ1n) is 6.57. The van der Waals surface area contributed by atoms with E-state index in [0.29, 0.717) is 29.9 Å². The molecule has 1 unspecified atom stereocenters. The van der Waals surface area contributed by atoms with E-state index in [0.717, 1.165) is 6.54 Å². The summed E-state index contributed by atoms with van der Waals surface area (Å²) in [6.07, 6.45) is -0.125. The van der Waals surface area contributed by atoms with Crippen molar-refractivity contribution in [3.63, 3.8) is 0 Å². The van der Waals surface area contributed by atoms with E-state index in [1.807, 2.05) is 0 Å². The molecule has 6 nitrogen and oxygen atoms in total. The molecule has 1 atom stereocenters. The monoisotopic (exact) mass is 378 g/mol. The third-order valence-electron chi connectivity index (χ3n) is 3.30. The van der Waals surface area contributed by atoms with Gasteiger partial charge < -0.3 is 14.8 Å². The molecule has 1 aliphatic heterocycles. The second-order valence-corrected chi connectivity index (χ2v) is 7.68. The van der Waals surface area contributed by atoms with E-state index in [4.69, 9.17) is 9.47 Å². The summed E-state index contributed by atoms with van der Waals surface area (Å²) in [5, 5.41) is 3.19. The fourth-order valence-corrected chi connectivity index (χ4v) is 4.03. The third kappa shape index (κ3) is 3.95. The van der Waals surface area contributed by atoms with Gasteiger partial charge in [-0.05, 0) is 34.1 Å². The lowest BCUT2D eigenvalue weighted by molar-refractivity contribution is 0.0206. The largest absolute Gasteiger partial charge is 0.496 e. The highest BCUT2D eigenvalue weighted by molar-refractivity contribution is 9.10. The number of benzene rings is 1. The Morgan fingerprint density at radius 1 is 1.52 bits per heavy atom. The number of nitrogens with zero attached hydrogens (tertiary/aromatic N) is 1. The lowest BCUT2D eigenvalue weighted by atomic mass is 10.3. The van der Waals surface area contributed by atoms with Crippen LogP contribution < -0.4 is 10.1 Å². The van der Waals surface area contributed by atoms with Crippen LogP contribution in [0.5, 0.6) is 5.75 Å². The van der Waals surface area contributed by atoms with Crippen LogP contribution in [-0.2, 0) is 14.8 Å². The van der Waals surface area contributed by atoms with Crippen molar-refractivity contribution in [2.45, 2.75) is 11.0 Å². The summed E-state index contributed by atoms with van der Waals surface area (Å²) in [6.45, 7) is 2.39. The molecule has 0 amide bonds. The summed E-state index contributed by atoms with van der Waals surface area (Å²) in [4.78, 5) is 0.224. The number of rotatable bonds is 5. The zero-order valence-electron chi connectivity index (χ0n) is 12.0. The number of morpholine rings is 1. The molecule has 1 aromatic rings. The first-order valence-corrected chi connectivity index (χ1v) is 8.80.